The van der Waals surface area contributed by atoms with E-state index in [9.17, 15) is 4.79 Å². The Morgan fingerprint density at radius 1 is 1.36 bits per heavy atom. The van der Waals surface area contributed by atoms with E-state index >= 15 is 0 Å². The molecule has 0 unspecified atom stereocenters. The number of nitrogens with zero attached hydrogens (tertiary/aromatic N) is 3. The minimum Gasteiger partial charge on any atom is -0.516 e. The van der Waals surface area contributed by atoms with Gasteiger partial charge >= 0.3 is 0 Å². The van der Waals surface area contributed by atoms with Crippen LogP contribution in [0.2, 0.25) is 0 Å². The van der Waals surface area contributed by atoms with Gasteiger partial charge in [-0.25, -0.2) is 4.98 Å². The normalized spacial score (nSPS) is 15.9. The minimum atomic E-state index is -0.107. The van der Waals surface area contributed by atoms with Crippen molar-refractivity contribution in [3.63, 3.8) is 0 Å². The maximum atomic E-state index is 12.8. The largest absolute Gasteiger partial charge is 0.516 e. The highest BCUT2D eigenvalue weighted by Gasteiger charge is 2.22. The molecule has 0 spiro atoms. The van der Waals surface area contributed by atoms with Crippen LogP contribution in [0.4, 0.5) is 5.95 Å². The molecule has 116 valence electrons. The Morgan fingerprint density at radius 2 is 2.09 bits per heavy atom. The molecule has 22 heavy (non-hydrogen) atoms. The molecule has 3 rings (SSSR count). The third-order valence-electron chi connectivity index (χ3n) is 4.28. The lowest BCUT2D eigenvalue weighted by Gasteiger charge is -2.18. The second-order valence-electron chi connectivity index (χ2n) is 5.65. The molecular weight excluding hydrogens is 280 g/mol. The summed E-state index contributed by atoms with van der Waals surface area (Å²) in [6.45, 7) is 1.90. The van der Waals surface area contributed by atoms with Crippen LogP contribution in [-0.4, -0.2) is 26.7 Å². The van der Waals surface area contributed by atoms with Crippen molar-refractivity contribution in [2.24, 2.45) is 0 Å². The first-order chi connectivity index (χ1) is 10.7. The van der Waals surface area contributed by atoms with E-state index in [4.69, 9.17) is 5.11 Å². The molecule has 0 saturated heterocycles. The van der Waals surface area contributed by atoms with E-state index in [0.717, 1.165) is 43.0 Å². The Morgan fingerprint density at radius 3 is 2.73 bits per heavy atom. The Hall–Kier alpha value is -2.37. The Kier molecular flexibility index (Phi) is 3.83. The van der Waals surface area contributed by atoms with Crippen LogP contribution in [-0.2, 0) is 0 Å². The number of aliphatic hydroxyl groups excluding tert-OH is 1. The molecule has 2 aromatic rings. The number of anilines is 1. The number of pyridine rings is 1. The first kappa shape index (κ1) is 14.6. The first-order valence-electron chi connectivity index (χ1n) is 7.58. The number of hydrogen-bond acceptors (Lipinski definition) is 5. The number of rotatable bonds is 3. The number of aromatic nitrogens is 3. The monoisotopic (exact) mass is 300 g/mol. The van der Waals surface area contributed by atoms with Crippen molar-refractivity contribution in [3.8, 4) is 0 Å². The summed E-state index contributed by atoms with van der Waals surface area (Å²) in [5.74, 6) is 0.515. The van der Waals surface area contributed by atoms with Crippen LogP contribution in [0.1, 0.15) is 43.0 Å². The van der Waals surface area contributed by atoms with Crippen LogP contribution in [0, 0.1) is 6.92 Å². The maximum absolute atomic E-state index is 12.8. The summed E-state index contributed by atoms with van der Waals surface area (Å²) in [7, 11) is 1.77. The predicted molar refractivity (Wildman–Crippen MR) is 87.2 cm³/mol. The van der Waals surface area contributed by atoms with Crippen LogP contribution in [0.5, 0.6) is 0 Å². The van der Waals surface area contributed by atoms with Gasteiger partial charge < -0.3 is 10.4 Å². The van der Waals surface area contributed by atoms with Crippen molar-refractivity contribution in [3.05, 3.63) is 33.9 Å². The fourth-order valence-electron chi connectivity index (χ4n) is 3.18. The lowest BCUT2D eigenvalue weighted by molar-refractivity contribution is 0.477. The molecule has 1 aliphatic carbocycles. The van der Waals surface area contributed by atoms with E-state index < -0.39 is 0 Å². The number of nitrogens with one attached hydrogen (secondary N) is 1. The maximum Gasteiger partial charge on any atom is 0.259 e. The van der Waals surface area contributed by atoms with Gasteiger partial charge in [-0.2, -0.15) is 4.98 Å². The Balaban J connectivity index is 2.38. The van der Waals surface area contributed by atoms with Gasteiger partial charge in [0.15, 0.2) is 0 Å². The molecule has 0 aromatic carbocycles. The molecule has 1 aliphatic rings. The number of aliphatic hydroxyl groups is 1. The Bertz CT molecular complexity index is 789. The fourth-order valence-corrected chi connectivity index (χ4v) is 3.18. The highest BCUT2D eigenvalue weighted by atomic mass is 16.2. The van der Waals surface area contributed by atoms with Gasteiger partial charge in [-0.3, -0.25) is 9.36 Å². The number of hydrogen-bond donors (Lipinski definition) is 2. The molecule has 1 saturated carbocycles. The van der Waals surface area contributed by atoms with Gasteiger partial charge in [0.25, 0.3) is 5.56 Å². The second kappa shape index (κ2) is 5.79. The van der Waals surface area contributed by atoms with Crippen molar-refractivity contribution >= 4 is 23.1 Å². The molecule has 1 fully saturated rings. The summed E-state index contributed by atoms with van der Waals surface area (Å²) < 4.78 is 1.78. The number of fused-ring (bicyclic) bond motifs is 1. The lowest BCUT2D eigenvalue weighted by Crippen LogP contribution is -2.27. The highest BCUT2D eigenvalue weighted by Crippen LogP contribution is 2.31. The van der Waals surface area contributed by atoms with Gasteiger partial charge in [0.05, 0.1) is 12.0 Å². The molecular formula is C16H20N4O2. The third kappa shape index (κ3) is 2.34. The van der Waals surface area contributed by atoms with Crippen LogP contribution in [0.15, 0.2) is 17.1 Å². The van der Waals surface area contributed by atoms with Gasteiger partial charge in [-0.15, -0.1) is 0 Å². The quantitative estimate of drug-likeness (QED) is 0.852. The minimum absolute atomic E-state index is 0.107. The summed E-state index contributed by atoms with van der Waals surface area (Å²) in [5.41, 5.74) is 1.84. The zero-order chi connectivity index (χ0) is 15.7. The molecule has 0 amide bonds. The van der Waals surface area contributed by atoms with Gasteiger partial charge in [-0.1, -0.05) is 12.8 Å². The van der Waals surface area contributed by atoms with Crippen molar-refractivity contribution in [1.82, 2.24) is 14.5 Å². The van der Waals surface area contributed by atoms with E-state index in [2.05, 4.69) is 15.3 Å². The summed E-state index contributed by atoms with van der Waals surface area (Å²) >= 11 is 0. The highest BCUT2D eigenvalue weighted by molar-refractivity contribution is 5.81. The van der Waals surface area contributed by atoms with Crippen molar-refractivity contribution in [2.75, 3.05) is 12.4 Å². The molecule has 2 N–H and O–H groups in total. The van der Waals surface area contributed by atoms with Gasteiger partial charge in [0.1, 0.15) is 5.65 Å². The zero-order valence-electron chi connectivity index (χ0n) is 12.8. The molecule has 2 aromatic heterocycles. The van der Waals surface area contributed by atoms with Crippen molar-refractivity contribution in [1.29, 1.82) is 0 Å². The van der Waals surface area contributed by atoms with Crippen LogP contribution < -0.4 is 10.9 Å². The molecule has 0 bridgehead atoms. The zero-order valence-corrected chi connectivity index (χ0v) is 12.8. The fraction of sp³-hybridized carbons (Fsp3) is 0.438. The summed E-state index contributed by atoms with van der Waals surface area (Å²) in [6.07, 6.45) is 6.56. The van der Waals surface area contributed by atoms with Crippen LogP contribution in [0.25, 0.3) is 17.1 Å². The third-order valence-corrected chi connectivity index (χ3v) is 4.28. The van der Waals surface area contributed by atoms with Gasteiger partial charge in [0, 0.05) is 24.0 Å². The smallest absolute Gasteiger partial charge is 0.259 e. The van der Waals surface area contributed by atoms with Crippen molar-refractivity contribution < 1.29 is 5.11 Å². The van der Waals surface area contributed by atoms with E-state index in [1.165, 1.54) is 6.08 Å². The molecule has 6 heteroatoms. The summed E-state index contributed by atoms with van der Waals surface area (Å²) in [4.78, 5) is 21.7. The van der Waals surface area contributed by atoms with E-state index in [1.54, 1.807) is 17.7 Å². The van der Waals surface area contributed by atoms with E-state index in [1.807, 2.05) is 6.92 Å². The van der Waals surface area contributed by atoms with E-state index in [-0.39, 0.29) is 11.6 Å². The van der Waals surface area contributed by atoms with E-state index in [0.29, 0.717) is 17.2 Å². The lowest BCUT2D eigenvalue weighted by atomic mass is 10.1. The molecule has 0 aliphatic heterocycles. The number of aryl methyl sites for hydroxylation is 1. The predicted octanol–water partition coefficient (Wildman–Crippen LogP) is 2.79. The standard InChI is InChI=1S/C16H20N4O2/c1-10-13-9-11(7-8-21)15(22)20(12-5-3-4-6-12)14(13)19-16(17-2)18-10/h7-9,12,21H,3-6H2,1-2H3,(H,17,18,19). The SMILES string of the molecule is CNc1nc(C)c2cc(C=CO)c(=O)n(C3CCCC3)c2n1. The molecule has 0 radical (unpaired) electrons. The molecule has 0 atom stereocenters. The second-order valence-corrected chi connectivity index (χ2v) is 5.65. The van der Waals surface area contributed by atoms with Gasteiger partial charge in [0.2, 0.25) is 5.95 Å². The average Bonchev–Trinajstić information content (AvgIpc) is 3.02. The summed E-state index contributed by atoms with van der Waals surface area (Å²) in [5, 5.41) is 12.8. The Labute approximate surface area is 128 Å². The molecule has 2 heterocycles. The van der Waals surface area contributed by atoms with Crippen LogP contribution >= 0.6 is 0 Å². The van der Waals surface area contributed by atoms with Crippen molar-refractivity contribution in [2.45, 2.75) is 38.6 Å². The topological polar surface area (TPSA) is 80.0 Å². The first-order valence-corrected chi connectivity index (χ1v) is 7.58. The molecule has 6 nitrogen and oxygen atoms in total. The average molecular weight is 300 g/mol. The van der Waals surface area contributed by atoms with Crippen LogP contribution in [0.3, 0.4) is 0 Å². The van der Waals surface area contributed by atoms with Gasteiger partial charge in [-0.05, 0) is 31.9 Å². The summed E-state index contributed by atoms with van der Waals surface area (Å²) in [6, 6.07) is 1.92.